The molecule has 7 nitrogen and oxygen atoms in total. The highest BCUT2D eigenvalue weighted by Gasteiger charge is 2.23. The molecule has 1 heterocycles. The number of carbonyl (C=O) groups is 2. The fourth-order valence-electron chi connectivity index (χ4n) is 3.57. The molecule has 154 valence electrons. The average Bonchev–Trinajstić information content (AvgIpc) is 2.74. The summed E-state index contributed by atoms with van der Waals surface area (Å²) < 4.78 is 10.5. The number of nitrogens with zero attached hydrogens (tertiary/aromatic N) is 1. The van der Waals surface area contributed by atoms with Gasteiger partial charge in [0.25, 0.3) is 5.91 Å². The highest BCUT2D eigenvalue weighted by atomic mass is 16.5. The van der Waals surface area contributed by atoms with E-state index in [1.165, 1.54) is 7.11 Å². The van der Waals surface area contributed by atoms with Crippen LogP contribution in [0, 0.1) is 5.92 Å². The van der Waals surface area contributed by atoms with Gasteiger partial charge in [-0.1, -0.05) is 12.1 Å². The summed E-state index contributed by atoms with van der Waals surface area (Å²) in [4.78, 5) is 26.3. The van der Waals surface area contributed by atoms with E-state index in [4.69, 9.17) is 15.2 Å². The van der Waals surface area contributed by atoms with Crippen LogP contribution in [-0.4, -0.2) is 44.0 Å². The third-order valence-corrected chi connectivity index (χ3v) is 5.18. The molecule has 0 spiro atoms. The summed E-state index contributed by atoms with van der Waals surface area (Å²) in [6.07, 6.45) is 1.84. The lowest BCUT2D eigenvalue weighted by molar-refractivity contribution is -0.123. The molecule has 1 saturated heterocycles. The van der Waals surface area contributed by atoms with Gasteiger partial charge in [-0.05, 0) is 55.3 Å². The number of nitrogens with two attached hydrogens (primary N) is 1. The van der Waals surface area contributed by atoms with Crippen LogP contribution in [0.1, 0.15) is 28.8 Å². The summed E-state index contributed by atoms with van der Waals surface area (Å²) in [7, 11) is 3.08. The minimum absolute atomic E-state index is 0.0693. The number of hydrogen-bond donors (Lipinski definition) is 2. The molecule has 0 radical (unpaired) electrons. The van der Waals surface area contributed by atoms with Gasteiger partial charge in [0, 0.05) is 18.8 Å². The van der Waals surface area contributed by atoms with Crippen LogP contribution in [0.5, 0.6) is 11.5 Å². The van der Waals surface area contributed by atoms with Gasteiger partial charge in [0.1, 0.15) is 11.5 Å². The summed E-state index contributed by atoms with van der Waals surface area (Å²) >= 11 is 0. The van der Waals surface area contributed by atoms with Crippen molar-refractivity contribution in [2.24, 2.45) is 11.7 Å². The van der Waals surface area contributed by atoms with Crippen LogP contribution in [0.2, 0.25) is 0 Å². The van der Waals surface area contributed by atoms with Crippen molar-refractivity contribution >= 4 is 17.5 Å². The number of hydrogen-bond acceptors (Lipinski definition) is 5. The maximum absolute atomic E-state index is 12.7. The fraction of sp³-hybridized carbons (Fsp3) is 0.364. The Labute approximate surface area is 170 Å². The summed E-state index contributed by atoms with van der Waals surface area (Å²) in [5, 5.41) is 2.89. The van der Waals surface area contributed by atoms with Gasteiger partial charge in [-0.2, -0.15) is 0 Å². The van der Waals surface area contributed by atoms with Gasteiger partial charge in [0.15, 0.2) is 0 Å². The van der Waals surface area contributed by atoms with Crippen LogP contribution < -0.4 is 20.5 Å². The summed E-state index contributed by atoms with van der Waals surface area (Å²) in [6, 6.07) is 12.8. The first-order valence-corrected chi connectivity index (χ1v) is 9.64. The van der Waals surface area contributed by atoms with Crippen molar-refractivity contribution in [2.75, 3.05) is 32.6 Å². The standard InChI is InChI=1S/C22H27N3O4/c1-28-18-9-10-20(29-2)19(12-18)22(27)24-17-7-5-15(6-8-17)13-25-11-3-4-16(14-25)21(23)26/h5-10,12,16H,3-4,11,13-14H2,1-2H3,(H2,23,26)(H,24,27)/t16-/m1/s1. The maximum atomic E-state index is 12.7. The molecule has 7 heteroatoms. The molecular weight excluding hydrogens is 370 g/mol. The quantitative estimate of drug-likeness (QED) is 0.749. The van der Waals surface area contributed by atoms with Crippen LogP contribution >= 0.6 is 0 Å². The second kappa shape index (κ2) is 9.43. The topological polar surface area (TPSA) is 93.9 Å². The number of ether oxygens (including phenoxy) is 2. The molecule has 2 aromatic carbocycles. The largest absolute Gasteiger partial charge is 0.497 e. The first-order chi connectivity index (χ1) is 14.0. The Morgan fingerprint density at radius 1 is 1.14 bits per heavy atom. The van der Waals surface area contributed by atoms with Crippen LogP contribution in [0.15, 0.2) is 42.5 Å². The van der Waals surface area contributed by atoms with E-state index < -0.39 is 0 Å². The zero-order chi connectivity index (χ0) is 20.8. The molecule has 2 aromatic rings. The van der Waals surface area contributed by atoms with Crippen molar-refractivity contribution in [3.63, 3.8) is 0 Å². The third-order valence-electron chi connectivity index (χ3n) is 5.18. The molecule has 3 rings (SSSR count). The number of nitrogens with one attached hydrogen (secondary N) is 1. The average molecular weight is 397 g/mol. The minimum Gasteiger partial charge on any atom is -0.497 e. The molecule has 0 bridgehead atoms. The van der Waals surface area contributed by atoms with E-state index >= 15 is 0 Å². The minimum atomic E-state index is -0.270. The third kappa shape index (κ3) is 5.26. The predicted octanol–water partition coefficient (Wildman–Crippen LogP) is 2.65. The van der Waals surface area contributed by atoms with E-state index in [0.717, 1.165) is 31.5 Å². The fourth-order valence-corrected chi connectivity index (χ4v) is 3.57. The monoisotopic (exact) mass is 397 g/mol. The molecule has 1 aliphatic rings. The Bertz CT molecular complexity index is 867. The van der Waals surface area contributed by atoms with Crippen LogP contribution in [0.25, 0.3) is 0 Å². The first-order valence-electron chi connectivity index (χ1n) is 9.64. The number of benzene rings is 2. The number of methoxy groups -OCH3 is 2. The van der Waals surface area contributed by atoms with E-state index in [2.05, 4.69) is 10.2 Å². The van der Waals surface area contributed by atoms with Gasteiger partial charge in [-0.15, -0.1) is 0 Å². The summed E-state index contributed by atoms with van der Waals surface area (Å²) in [6.45, 7) is 2.41. The zero-order valence-corrected chi connectivity index (χ0v) is 16.8. The lowest BCUT2D eigenvalue weighted by Crippen LogP contribution is -2.40. The Balaban J connectivity index is 1.63. The van der Waals surface area contributed by atoms with Crippen molar-refractivity contribution in [2.45, 2.75) is 19.4 Å². The Hall–Kier alpha value is -3.06. The molecule has 0 aromatic heterocycles. The SMILES string of the molecule is COc1ccc(OC)c(C(=O)Nc2ccc(CN3CCC[C@@H](C(N)=O)C3)cc2)c1. The number of anilines is 1. The normalized spacial score (nSPS) is 16.8. The molecule has 0 aliphatic carbocycles. The van der Waals surface area contributed by atoms with Gasteiger partial charge in [0.2, 0.25) is 5.91 Å². The van der Waals surface area contributed by atoms with Gasteiger partial charge in [-0.3, -0.25) is 14.5 Å². The van der Waals surface area contributed by atoms with Gasteiger partial charge < -0.3 is 20.5 Å². The van der Waals surface area contributed by atoms with Crippen molar-refractivity contribution in [3.05, 3.63) is 53.6 Å². The number of likely N-dealkylation sites (tertiary alicyclic amines) is 1. The lowest BCUT2D eigenvalue weighted by atomic mass is 9.97. The van der Waals surface area contributed by atoms with Crippen molar-refractivity contribution in [3.8, 4) is 11.5 Å². The van der Waals surface area contributed by atoms with E-state index in [0.29, 0.717) is 29.3 Å². The van der Waals surface area contributed by atoms with E-state index in [1.807, 2.05) is 24.3 Å². The van der Waals surface area contributed by atoms with Crippen molar-refractivity contribution < 1.29 is 19.1 Å². The van der Waals surface area contributed by atoms with Crippen LogP contribution in [0.4, 0.5) is 5.69 Å². The maximum Gasteiger partial charge on any atom is 0.259 e. The highest BCUT2D eigenvalue weighted by Crippen LogP contribution is 2.25. The Morgan fingerprint density at radius 2 is 1.90 bits per heavy atom. The van der Waals surface area contributed by atoms with Crippen molar-refractivity contribution in [1.29, 1.82) is 0 Å². The molecule has 1 fully saturated rings. The second-order valence-electron chi connectivity index (χ2n) is 7.19. The molecule has 0 unspecified atom stereocenters. The van der Waals surface area contributed by atoms with Crippen LogP contribution in [-0.2, 0) is 11.3 Å². The number of piperidine rings is 1. The Morgan fingerprint density at radius 3 is 2.55 bits per heavy atom. The summed E-state index contributed by atoms with van der Waals surface area (Å²) in [5.74, 6) is 0.505. The Kier molecular flexibility index (Phi) is 6.72. The smallest absolute Gasteiger partial charge is 0.259 e. The number of primary amides is 1. The zero-order valence-electron chi connectivity index (χ0n) is 16.8. The number of amides is 2. The molecule has 1 atom stereocenters. The van der Waals surface area contributed by atoms with Crippen molar-refractivity contribution in [1.82, 2.24) is 4.90 Å². The van der Waals surface area contributed by atoms with Gasteiger partial charge in [0.05, 0.1) is 25.7 Å². The highest BCUT2D eigenvalue weighted by molar-refractivity contribution is 6.06. The lowest BCUT2D eigenvalue weighted by Gasteiger charge is -2.31. The number of carbonyl (C=O) groups excluding carboxylic acids is 2. The number of rotatable bonds is 7. The molecule has 3 N–H and O–H groups in total. The second-order valence-corrected chi connectivity index (χ2v) is 7.19. The first kappa shape index (κ1) is 20.7. The molecule has 1 aliphatic heterocycles. The van der Waals surface area contributed by atoms with Gasteiger partial charge in [-0.25, -0.2) is 0 Å². The summed E-state index contributed by atoms with van der Waals surface area (Å²) in [5.41, 5.74) is 7.67. The molecule has 29 heavy (non-hydrogen) atoms. The molecule has 0 saturated carbocycles. The van der Waals surface area contributed by atoms with E-state index in [9.17, 15) is 9.59 Å². The van der Waals surface area contributed by atoms with E-state index in [1.54, 1.807) is 25.3 Å². The molecule has 2 amide bonds. The van der Waals surface area contributed by atoms with E-state index in [-0.39, 0.29) is 17.7 Å². The molecular formula is C22H27N3O4. The van der Waals surface area contributed by atoms with Crippen LogP contribution in [0.3, 0.4) is 0 Å². The van der Waals surface area contributed by atoms with Gasteiger partial charge >= 0.3 is 0 Å². The predicted molar refractivity (Wildman–Crippen MR) is 111 cm³/mol.